The molecule has 0 aliphatic rings. The minimum atomic E-state index is -0.694. The van der Waals surface area contributed by atoms with Crippen molar-refractivity contribution in [1.29, 1.82) is 0 Å². The minimum absolute atomic E-state index is 0.613. The maximum atomic E-state index is 10.3. The summed E-state index contributed by atoms with van der Waals surface area (Å²) in [5.74, 6) is 0.733. The van der Waals surface area contributed by atoms with Gasteiger partial charge in [-0.25, -0.2) is 0 Å². The van der Waals surface area contributed by atoms with Crippen molar-refractivity contribution < 1.29 is 9.84 Å². The van der Waals surface area contributed by atoms with Gasteiger partial charge in [-0.1, -0.05) is 17.7 Å². The lowest BCUT2D eigenvalue weighted by molar-refractivity contribution is 0.224. The fourth-order valence-electron chi connectivity index (χ4n) is 1.52. The summed E-state index contributed by atoms with van der Waals surface area (Å²) in [6, 6.07) is 7.24. The van der Waals surface area contributed by atoms with Crippen LogP contribution in [0.25, 0.3) is 0 Å². The summed E-state index contributed by atoms with van der Waals surface area (Å²) in [5.41, 5.74) is 0.785. The molecule has 0 aliphatic heterocycles. The third kappa shape index (κ3) is 2.91. The first-order valence-electron chi connectivity index (χ1n) is 4.99. The summed E-state index contributed by atoms with van der Waals surface area (Å²) < 4.78 is 6.79. The summed E-state index contributed by atoms with van der Waals surface area (Å²) in [7, 11) is 1.60. The van der Waals surface area contributed by atoms with Crippen molar-refractivity contribution in [3.8, 4) is 5.75 Å². The van der Waals surface area contributed by atoms with E-state index < -0.39 is 6.10 Å². The van der Waals surface area contributed by atoms with Crippen LogP contribution >= 0.6 is 54.8 Å². The lowest BCUT2D eigenvalue weighted by Crippen LogP contribution is -1.97. The van der Waals surface area contributed by atoms with Crippen LogP contribution in [0.4, 0.5) is 0 Å². The Bertz CT molecular complexity index is 552. The van der Waals surface area contributed by atoms with Crippen LogP contribution in [-0.4, -0.2) is 12.2 Å². The first kappa shape index (κ1) is 14.3. The fourth-order valence-corrected chi connectivity index (χ4v) is 3.83. The van der Waals surface area contributed by atoms with Crippen molar-refractivity contribution in [3.63, 3.8) is 0 Å². The van der Waals surface area contributed by atoms with E-state index in [9.17, 15) is 5.11 Å². The van der Waals surface area contributed by atoms with E-state index in [0.717, 1.165) is 24.4 Å². The van der Waals surface area contributed by atoms with Crippen LogP contribution in [0.2, 0.25) is 5.02 Å². The Morgan fingerprint density at radius 3 is 2.56 bits per heavy atom. The van der Waals surface area contributed by atoms with Crippen LogP contribution in [0.15, 0.2) is 32.5 Å². The average molecular weight is 413 g/mol. The van der Waals surface area contributed by atoms with Gasteiger partial charge in [-0.2, -0.15) is 0 Å². The highest BCUT2D eigenvalue weighted by Crippen LogP contribution is 2.38. The molecule has 18 heavy (non-hydrogen) atoms. The van der Waals surface area contributed by atoms with Gasteiger partial charge < -0.3 is 9.84 Å². The number of hydrogen-bond donors (Lipinski definition) is 1. The number of hydrogen-bond acceptors (Lipinski definition) is 3. The SMILES string of the molecule is COc1ccc(C(O)c2cc(Cl)c(Br)s2)cc1Br. The molecule has 0 fully saturated rings. The molecule has 0 saturated carbocycles. The third-order valence-corrected chi connectivity index (χ3v) is 5.57. The smallest absolute Gasteiger partial charge is 0.133 e. The lowest BCUT2D eigenvalue weighted by Gasteiger charge is -2.11. The van der Waals surface area contributed by atoms with Crippen molar-refractivity contribution in [2.45, 2.75) is 6.10 Å². The maximum absolute atomic E-state index is 10.3. The summed E-state index contributed by atoms with van der Waals surface area (Å²) in [6.45, 7) is 0. The molecule has 0 spiro atoms. The largest absolute Gasteiger partial charge is 0.496 e. The van der Waals surface area contributed by atoms with Crippen molar-refractivity contribution >= 4 is 54.8 Å². The topological polar surface area (TPSA) is 29.5 Å². The van der Waals surface area contributed by atoms with Crippen molar-refractivity contribution in [1.82, 2.24) is 0 Å². The molecule has 0 radical (unpaired) electrons. The molecule has 96 valence electrons. The van der Waals surface area contributed by atoms with E-state index in [-0.39, 0.29) is 0 Å². The van der Waals surface area contributed by atoms with Crippen LogP contribution in [0.1, 0.15) is 16.5 Å². The lowest BCUT2D eigenvalue weighted by atomic mass is 10.1. The molecule has 0 bridgehead atoms. The molecule has 0 saturated heterocycles. The van der Waals surface area contributed by atoms with Gasteiger partial charge in [0, 0.05) is 4.88 Å². The Hall–Kier alpha value is -0.0700. The summed E-state index contributed by atoms with van der Waals surface area (Å²) in [4.78, 5) is 0.795. The van der Waals surface area contributed by atoms with Gasteiger partial charge in [-0.15, -0.1) is 11.3 Å². The van der Waals surface area contributed by atoms with Crippen LogP contribution in [0.5, 0.6) is 5.75 Å². The van der Waals surface area contributed by atoms with E-state index in [1.807, 2.05) is 18.2 Å². The molecule has 2 aromatic rings. The highest BCUT2D eigenvalue weighted by molar-refractivity contribution is 9.11. The molecule has 0 aliphatic carbocycles. The van der Waals surface area contributed by atoms with Crippen molar-refractivity contribution in [2.75, 3.05) is 7.11 Å². The van der Waals surface area contributed by atoms with Gasteiger partial charge in [0.1, 0.15) is 11.9 Å². The summed E-state index contributed by atoms with van der Waals surface area (Å²) >= 11 is 14.1. The second kappa shape index (κ2) is 5.92. The van der Waals surface area contributed by atoms with Gasteiger partial charge in [-0.3, -0.25) is 0 Å². The van der Waals surface area contributed by atoms with E-state index in [1.54, 1.807) is 13.2 Å². The fraction of sp³-hybridized carbons (Fsp3) is 0.167. The molecule has 2 nitrogen and oxygen atoms in total. The van der Waals surface area contributed by atoms with E-state index in [4.69, 9.17) is 16.3 Å². The normalized spacial score (nSPS) is 12.5. The molecule has 2 rings (SSSR count). The van der Waals surface area contributed by atoms with E-state index in [2.05, 4.69) is 31.9 Å². The number of aliphatic hydroxyl groups is 1. The zero-order chi connectivity index (χ0) is 13.3. The van der Waals surface area contributed by atoms with Gasteiger partial charge in [0.25, 0.3) is 0 Å². The van der Waals surface area contributed by atoms with Crippen LogP contribution < -0.4 is 4.74 Å². The van der Waals surface area contributed by atoms with Crippen molar-refractivity contribution in [2.24, 2.45) is 0 Å². The second-order valence-corrected chi connectivity index (χ2v) is 7.23. The van der Waals surface area contributed by atoms with Gasteiger partial charge >= 0.3 is 0 Å². The Morgan fingerprint density at radius 1 is 1.33 bits per heavy atom. The molecule has 1 atom stereocenters. The number of rotatable bonds is 3. The average Bonchev–Trinajstić information content (AvgIpc) is 2.68. The molecule has 1 heterocycles. The number of aliphatic hydroxyl groups excluding tert-OH is 1. The van der Waals surface area contributed by atoms with Gasteiger partial charge in [0.15, 0.2) is 0 Å². The molecular weight excluding hydrogens is 403 g/mol. The molecular formula is C12H9Br2ClO2S. The monoisotopic (exact) mass is 410 g/mol. The zero-order valence-corrected chi connectivity index (χ0v) is 14.0. The number of ether oxygens (including phenoxy) is 1. The minimum Gasteiger partial charge on any atom is -0.496 e. The standard InChI is InChI=1S/C12H9Br2ClO2S/c1-17-9-3-2-6(4-7(9)13)11(16)10-5-8(15)12(14)18-10/h2-5,11,16H,1H3. The Labute approximate surface area is 131 Å². The molecule has 0 amide bonds. The van der Waals surface area contributed by atoms with E-state index in [0.29, 0.717) is 5.02 Å². The zero-order valence-electron chi connectivity index (χ0n) is 9.28. The summed E-state index contributed by atoms with van der Waals surface area (Å²) in [6.07, 6.45) is -0.694. The van der Waals surface area contributed by atoms with Gasteiger partial charge in [0.2, 0.25) is 0 Å². The van der Waals surface area contributed by atoms with E-state index >= 15 is 0 Å². The molecule has 1 N–H and O–H groups in total. The Morgan fingerprint density at radius 2 is 2.06 bits per heavy atom. The van der Waals surface area contributed by atoms with Crippen molar-refractivity contribution in [3.05, 3.63) is 48.0 Å². The number of halogens is 3. The van der Waals surface area contributed by atoms with Crippen LogP contribution in [0.3, 0.4) is 0 Å². The molecule has 1 aromatic carbocycles. The first-order chi connectivity index (χ1) is 8.52. The third-order valence-electron chi connectivity index (χ3n) is 2.43. The highest BCUT2D eigenvalue weighted by atomic mass is 79.9. The number of methoxy groups -OCH3 is 1. The van der Waals surface area contributed by atoms with Crippen LogP contribution in [0, 0.1) is 0 Å². The maximum Gasteiger partial charge on any atom is 0.133 e. The number of benzene rings is 1. The molecule has 6 heteroatoms. The summed E-state index contributed by atoms with van der Waals surface area (Å²) in [5, 5.41) is 10.9. The van der Waals surface area contributed by atoms with E-state index in [1.165, 1.54) is 11.3 Å². The molecule has 1 aromatic heterocycles. The first-order valence-corrected chi connectivity index (χ1v) is 7.77. The molecule has 1 unspecified atom stereocenters. The Balaban J connectivity index is 2.33. The number of thiophene rings is 1. The predicted molar refractivity (Wildman–Crippen MR) is 81.8 cm³/mol. The Kier molecular flexibility index (Phi) is 4.72. The van der Waals surface area contributed by atoms with Gasteiger partial charge in [-0.05, 0) is 55.6 Å². The van der Waals surface area contributed by atoms with Gasteiger partial charge in [0.05, 0.1) is 20.4 Å². The predicted octanol–water partition coefficient (Wildman–Crippen LogP) is 5.02. The van der Waals surface area contributed by atoms with Crippen LogP contribution in [-0.2, 0) is 0 Å². The quantitative estimate of drug-likeness (QED) is 0.767. The second-order valence-electron chi connectivity index (χ2n) is 3.57. The highest BCUT2D eigenvalue weighted by Gasteiger charge is 2.16.